The van der Waals surface area contributed by atoms with Gasteiger partial charge in [-0.15, -0.1) is 0 Å². The lowest BCUT2D eigenvalue weighted by Crippen LogP contribution is -2.45. The van der Waals surface area contributed by atoms with Crippen molar-refractivity contribution < 1.29 is 18.0 Å². The van der Waals surface area contributed by atoms with E-state index in [-0.39, 0.29) is 11.8 Å². The molecular weight excluding hydrogens is 305 g/mol. The highest BCUT2D eigenvalue weighted by molar-refractivity contribution is 5.79. The normalized spacial score (nSPS) is 25.7. The van der Waals surface area contributed by atoms with Gasteiger partial charge in [-0.2, -0.15) is 13.2 Å². The zero-order valence-electron chi connectivity index (χ0n) is 14.2. The van der Waals surface area contributed by atoms with E-state index in [0.717, 1.165) is 25.9 Å². The number of hydrogen-bond acceptors (Lipinski definition) is 2. The van der Waals surface area contributed by atoms with Crippen molar-refractivity contribution in [3.8, 4) is 0 Å². The van der Waals surface area contributed by atoms with Gasteiger partial charge >= 0.3 is 6.18 Å². The quantitative estimate of drug-likeness (QED) is 0.788. The van der Waals surface area contributed by atoms with E-state index in [1.807, 2.05) is 4.90 Å². The Balaban J connectivity index is 1.80. The third-order valence-electron chi connectivity index (χ3n) is 5.37. The zero-order chi connectivity index (χ0) is 17.0. The standard InChI is InChI=1S/C17H29F3N2O/c1-13(2)14-4-3-8-22(11-7-14)16(23)15-5-9-21(10-6-15)12-17(18,19)20/h13-15H,3-12H2,1-2H3. The summed E-state index contributed by atoms with van der Waals surface area (Å²) < 4.78 is 37.3. The summed E-state index contributed by atoms with van der Waals surface area (Å²) in [6, 6.07) is 0. The molecule has 0 aromatic rings. The summed E-state index contributed by atoms with van der Waals surface area (Å²) in [6.07, 6.45) is 0.231. The monoisotopic (exact) mass is 334 g/mol. The van der Waals surface area contributed by atoms with Crippen LogP contribution in [0.1, 0.15) is 46.0 Å². The van der Waals surface area contributed by atoms with E-state index in [1.165, 1.54) is 11.3 Å². The van der Waals surface area contributed by atoms with Gasteiger partial charge in [0.2, 0.25) is 5.91 Å². The topological polar surface area (TPSA) is 23.6 Å². The largest absolute Gasteiger partial charge is 0.401 e. The molecule has 0 spiro atoms. The first kappa shape index (κ1) is 18.6. The minimum atomic E-state index is -4.15. The zero-order valence-corrected chi connectivity index (χ0v) is 14.2. The Bertz CT molecular complexity index is 390. The predicted molar refractivity (Wildman–Crippen MR) is 84.0 cm³/mol. The maximum absolute atomic E-state index is 12.7. The van der Waals surface area contributed by atoms with Crippen molar-refractivity contribution in [2.24, 2.45) is 17.8 Å². The molecule has 1 unspecified atom stereocenters. The number of piperidine rings is 1. The molecule has 2 aliphatic heterocycles. The minimum absolute atomic E-state index is 0.0879. The molecule has 2 saturated heterocycles. The molecule has 2 rings (SSSR count). The second-order valence-electron chi connectivity index (χ2n) is 7.43. The molecule has 6 heteroatoms. The average molecular weight is 334 g/mol. The fourth-order valence-corrected chi connectivity index (χ4v) is 3.86. The molecule has 0 N–H and O–H groups in total. The molecule has 0 aromatic carbocycles. The van der Waals surface area contributed by atoms with Crippen molar-refractivity contribution in [3.05, 3.63) is 0 Å². The maximum Gasteiger partial charge on any atom is 0.401 e. The first-order valence-corrected chi connectivity index (χ1v) is 8.84. The highest BCUT2D eigenvalue weighted by atomic mass is 19.4. The summed E-state index contributed by atoms with van der Waals surface area (Å²) >= 11 is 0. The number of carbonyl (C=O) groups is 1. The summed E-state index contributed by atoms with van der Waals surface area (Å²) in [6.45, 7) is 5.98. The molecule has 0 aromatic heterocycles. The molecule has 1 atom stereocenters. The second-order valence-corrected chi connectivity index (χ2v) is 7.43. The molecule has 134 valence electrons. The number of halogens is 3. The van der Waals surface area contributed by atoms with Crippen LogP contribution < -0.4 is 0 Å². The van der Waals surface area contributed by atoms with Crippen LogP contribution in [-0.2, 0) is 4.79 Å². The first-order valence-electron chi connectivity index (χ1n) is 8.84. The second kappa shape index (κ2) is 7.86. The van der Waals surface area contributed by atoms with Gasteiger partial charge in [-0.25, -0.2) is 0 Å². The first-order chi connectivity index (χ1) is 10.8. The van der Waals surface area contributed by atoms with Crippen LogP contribution in [0.5, 0.6) is 0 Å². The van der Waals surface area contributed by atoms with Gasteiger partial charge < -0.3 is 4.90 Å². The summed E-state index contributed by atoms with van der Waals surface area (Å²) in [5, 5.41) is 0. The van der Waals surface area contributed by atoms with Crippen molar-refractivity contribution in [1.29, 1.82) is 0 Å². The Morgan fingerprint density at radius 2 is 1.70 bits per heavy atom. The Morgan fingerprint density at radius 3 is 2.26 bits per heavy atom. The summed E-state index contributed by atoms with van der Waals surface area (Å²) in [4.78, 5) is 16.0. The van der Waals surface area contributed by atoms with Crippen molar-refractivity contribution in [2.45, 2.75) is 52.1 Å². The van der Waals surface area contributed by atoms with E-state index >= 15 is 0 Å². The highest BCUT2D eigenvalue weighted by Gasteiger charge is 2.35. The van der Waals surface area contributed by atoms with Crippen LogP contribution in [0.15, 0.2) is 0 Å². The van der Waals surface area contributed by atoms with E-state index < -0.39 is 12.7 Å². The van der Waals surface area contributed by atoms with Gasteiger partial charge in [0.1, 0.15) is 0 Å². The fourth-order valence-electron chi connectivity index (χ4n) is 3.86. The lowest BCUT2D eigenvalue weighted by molar-refractivity contribution is -0.151. The lowest BCUT2D eigenvalue weighted by Gasteiger charge is -2.34. The average Bonchev–Trinajstić information content (AvgIpc) is 2.71. The summed E-state index contributed by atoms with van der Waals surface area (Å²) in [7, 11) is 0. The van der Waals surface area contributed by atoms with Crippen molar-refractivity contribution >= 4 is 5.91 Å². The summed E-state index contributed by atoms with van der Waals surface area (Å²) in [5.74, 6) is 1.41. The van der Waals surface area contributed by atoms with Crippen LogP contribution in [-0.4, -0.2) is 54.6 Å². The van der Waals surface area contributed by atoms with Gasteiger partial charge in [0.05, 0.1) is 6.54 Å². The number of likely N-dealkylation sites (tertiary alicyclic amines) is 2. The van der Waals surface area contributed by atoms with Gasteiger partial charge in [-0.05, 0) is 57.0 Å². The van der Waals surface area contributed by atoms with Crippen LogP contribution in [0, 0.1) is 17.8 Å². The molecule has 2 aliphatic rings. The van der Waals surface area contributed by atoms with Crippen LogP contribution in [0.3, 0.4) is 0 Å². The molecule has 2 fully saturated rings. The van der Waals surface area contributed by atoms with Crippen LogP contribution in [0.4, 0.5) is 13.2 Å². The van der Waals surface area contributed by atoms with E-state index in [9.17, 15) is 18.0 Å². The number of amides is 1. The molecule has 0 aliphatic carbocycles. The van der Waals surface area contributed by atoms with E-state index in [1.54, 1.807) is 0 Å². The van der Waals surface area contributed by atoms with Gasteiger partial charge in [-0.1, -0.05) is 13.8 Å². The molecule has 2 heterocycles. The molecule has 1 amide bonds. The number of rotatable bonds is 3. The Kier molecular flexibility index (Phi) is 6.34. The molecule has 0 radical (unpaired) electrons. The molecule has 23 heavy (non-hydrogen) atoms. The van der Waals surface area contributed by atoms with Crippen molar-refractivity contribution in [2.75, 3.05) is 32.7 Å². The lowest BCUT2D eigenvalue weighted by atomic mass is 9.89. The minimum Gasteiger partial charge on any atom is -0.342 e. The van der Waals surface area contributed by atoms with E-state index in [2.05, 4.69) is 13.8 Å². The van der Waals surface area contributed by atoms with Crippen molar-refractivity contribution in [1.82, 2.24) is 9.80 Å². The van der Waals surface area contributed by atoms with Crippen LogP contribution in [0.25, 0.3) is 0 Å². The molecule has 3 nitrogen and oxygen atoms in total. The fraction of sp³-hybridized carbons (Fsp3) is 0.941. The Morgan fingerprint density at radius 1 is 1.04 bits per heavy atom. The summed E-state index contributed by atoms with van der Waals surface area (Å²) in [5.41, 5.74) is 0. The SMILES string of the molecule is CC(C)C1CCCN(C(=O)C2CCN(CC(F)(F)F)CC2)CC1. The third-order valence-corrected chi connectivity index (χ3v) is 5.37. The Labute approximate surface area is 137 Å². The highest BCUT2D eigenvalue weighted by Crippen LogP contribution is 2.28. The Hall–Kier alpha value is -0.780. The maximum atomic E-state index is 12.7. The van der Waals surface area contributed by atoms with E-state index in [4.69, 9.17) is 0 Å². The predicted octanol–water partition coefficient (Wildman–Crippen LogP) is 3.55. The van der Waals surface area contributed by atoms with Gasteiger partial charge in [0.25, 0.3) is 0 Å². The molecule has 0 bridgehead atoms. The number of hydrogen-bond donors (Lipinski definition) is 0. The number of nitrogens with zero attached hydrogens (tertiary/aromatic N) is 2. The molecule has 0 saturated carbocycles. The van der Waals surface area contributed by atoms with E-state index in [0.29, 0.717) is 37.8 Å². The molecular formula is C17H29F3N2O. The third kappa shape index (κ3) is 5.66. The number of carbonyl (C=O) groups excluding carboxylic acids is 1. The van der Waals surface area contributed by atoms with Gasteiger partial charge in [0, 0.05) is 19.0 Å². The smallest absolute Gasteiger partial charge is 0.342 e. The number of alkyl halides is 3. The van der Waals surface area contributed by atoms with Crippen LogP contribution in [0.2, 0.25) is 0 Å². The van der Waals surface area contributed by atoms with Gasteiger partial charge in [0.15, 0.2) is 0 Å². The van der Waals surface area contributed by atoms with Gasteiger partial charge in [-0.3, -0.25) is 9.69 Å². The van der Waals surface area contributed by atoms with Crippen LogP contribution >= 0.6 is 0 Å². The van der Waals surface area contributed by atoms with Crippen molar-refractivity contribution in [3.63, 3.8) is 0 Å².